The number of rotatable bonds is 4. The number of fused-ring (bicyclic) bond motifs is 3. The van der Waals surface area contributed by atoms with Crippen LogP contribution in [0.15, 0.2) is 41.2 Å². The number of hydrogen-bond acceptors (Lipinski definition) is 5. The molecule has 0 aliphatic carbocycles. The molecule has 2 bridgehead atoms. The minimum atomic E-state index is -0.295. The average molecular weight is 356 g/mol. The number of benzene rings is 1. The normalized spacial score (nSPS) is 23.3. The lowest BCUT2D eigenvalue weighted by Gasteiger charge is -2.56. The Morgan fingerprint density at radius 3 is 2.69 bits per heavy atom. The van der Waals surface area contributed by atoms with Crippen molar-refractivity contribution in [1.82, 2.24) is 19.9 Å². The maximum Gasteiger partial charge on any atom is 0.167 e. The third kappa shape index (κ3) is 2.77. The lowest BCUT2D eigenvalue weighted by molar-refractivity contribution is -0.0782. The molecule has 0 N–H and O–H groups in total. The van der Waals surface area contributed by atoms with Crippen LogP contribution in [0.1, 0.15) is 17.7 Å². The summed E-state index contributed by atoms with van der Waals surface area (Å²) in [5.41, 5.74) is 2.31. The van der Waals surface area contributed by atoms with Crippen LogP contribution in [0.5, 0.6) is 0 Å². The second-order valence-corrected chi connectivity index (χ2v) is 7.19. The van der Waals surface area contributed by atoms with Crippen molar-refractivity contribution in [2.45, 2.75) is 31.6 Å². The number of nitrogens with zero attached hydrogens (tertiary/aromatic N) is 4. The second kappa shape index (κ2) is 6.10. The highest BCUT2D eigenvalue weighted by atomic mass is 19.1. The number of pyridine rings is 1. The van der Waals surface area contributed by atoms with Gasteiger partial charge in [-0.3, -0.25) is 14.8 Å². The molecule has 0 amide bonds. The van der Waals surface area contributed by atoms with Crippen LogP contribution in [0, 0.1) is 11.6 Å². The van der Waals surface area contributed by atoms with E-state index in [0.29, 0.717) is 30.8 Å². The van der Waals surface area contributed by atoms with Crippen LogP contribution < -0.4 is 0 Å². The standard InChI is InChI=1S/C19H18F2N4O/c20-13-1-2-19-17(4-13)18(23-26-19)11-25-15-5-16(25)10-24(9-15)8-12-3-14(21)7-22-6-12/h1-4,6-7,15-16H,5,8-11H2. The van der Waals surface area contributed by atoms with Gasteiger partial charge in [0.05, 0.1) is 6.20 Å². The van der Waals surface area contributed by atoms with Crippen molar-refractivity contribution in [2.24, 2.45) is 0 Å². The summed E-state index contributed by atoms with van der Waals surface area (Å²) in [5.74, 6) is -0.572. The maximum atomic E-state index is 13.5. The summed E-state index contributed by atoms with van der Waals surface area (Å²) in [6.07, 6.45) is 4.10. The molecular weight excluding hydrogens is 338 g/mol. The molecule has 2 atom stereocenters. The Hall–Kier alpha value is -2.38. The molecule has 1 aromatic carbocycles. The van der Waals surface area contributed by atoms with Crippen LogP contribution in [0.25, 0.3) is 11.0 Å². The van der Waals surface area contributed by atoms with Crippen molar-refractivity contribution in [3.63, 3.8) is 0 Å². The smallest absolute Gasteiger partial charge is 0.167 e. The Bertz CT molecular complexity index is 948. The molecule has 6 rings (SSSR count). The van der Waals surface area contributed by atoms with Crippen molar-refractivity contribution in [1.29, 1.82) is 0 Å². The van der Waals surface area contributed by atoms with E-state index in [2.05, 4.69) is 19.9 Å². The molecule has 5 heterocycles. The second-order valence-electron chi connectivity index (χ2n) is 7.19. The van der Waals surface area contributed by atoms with Gasteiger partial charge in [0.2, 0.25) is 0 Å². The Balaban J connectivity index is 1.27. The fraction of sp³-hybridized carbons (Fsp3) is 0.368. The first kappa shape index (κ1) is 15.8. The first-order valence-corrected chi connectivity index (χ1v) is 8.77. The van der Waals surface area contributed by atoms with Crippen molar-refractivity contribution in [3.05, 3.63) is 59.6 Å². The van der Waals surface area contributed by atoms with Crippen LogP contribution in [-0.2, 0) is 13.1 Å². The zero-order valence-corrected chi connectivity index (χ0v) is 14.1. The molecule has 2 aromatic heterocycles. The zero-order valence-electron chi connectivity index (χ0n) is 14.1. The molecule has 26 heavy (non-hydrogen) atoms. The molecule has 7 heteroatoms. The summed E-state index contributed by atoms with van der Waals surface area (Å²) < 4.78 is 32.1. The van der Waals surface area contributed by atoms with E-state index >= 15 is 0 Å². The van der Waals surface area contributed by atoms with Gasteiger partial charge in [0, 0.05) is 49.8 Å². The van der Waals surface area contributed by atoms with E-state index in [9.17, 15) is 8.78 Å². The lowest BCUT2D eigenvalue weighted by atomic mass is 9.87. The van der Waals surface area contributed by atoms with Gasteiger partial charge in [0.1, 0.15) is 17.3 Å². The van der Waals surface area contributed by atoms with Gasteiger partial charge >= 0.3 is 0 Å². The van der Waals surface area contributed by atoms with Gasteiger partial charge in [-0.05, 0) is 36.2 Å². The highest BCUT2D eigenvalue weighted by molar-refractivity contribution is 5.79. The van der Waals surface area contributed by atoms with E-state index in [1.54, 1.807) is 18.3 Å². The number of piperazine rings is 1. The predicted octanol–water partition coefficient (Wildman–Crippen LogP) is 2.96. The minimum absolute atomic E-state index is 0.277. The third-order valence-electron chi connectivity index (χ3n) is 5.43. The topological polar surface area (TPSA) is 45.4 Å². The van der Waals surface area contributed by atoms with Crippen molar-refractivity contribution in [2.75, 3.05) is 13.1 Å². The lowest BCUT2D eigenvalue weighted by Crippen LogP contribution is -2.67. The minimum Gasteiger partial charge on any atom is -0.356 e. The van der Waals surface area contributed by atoms with E-state index in [-0.39, 0.29) is 11.6 Å². The van der Waals surface area contributed by atoms with E-state index in [4.69, 9.17) is 4.52 Å². The van der Waals surface area contributed by atoms with Gasteiger partial charge in [-0.1, -0.05) is 5.16 Å². The van der Waals surface area contributed by atoms with E-state index in [1.165, 1.54) is 18.3 Å². The van der Waals surface area contributed by atoms with Crippen molar-refractivity contribution >= 4 is 11.0 Å². The summed E-state index contributed by atoms with van der Waals surface area (Å²) in [6, 6.07) is 6.91. The van der Waals surface area contributed by atoms with Gasteiger partial charge in [-0.2, -0.15) is 0 Å². The highest BCUT2D eigenvalue weighted by Crippen LogP contribution is 2.35. The monoisotopic (exact) mass is 356 g/mol. The zero-order chi connectivity index (χ0) is 17.7. The quantitative estimate of drug-likeness (QED) is 0.719. The molecule has 0 radical (unpaired) electrons. The Kier molecular flexibility index (Phi) is 3.72. The maximum absolute atomic E-state index is 13.5. The van der Waals surface area contributed by atoms with Gasteiger partial charge in [0.25, 0.3) is 0 Å². The molecule has 5 nitrogen and oxygen atoms in total. The third-order valence-corrected chi connectivity index (χ3v) is 5.43. The number of halogens is 2. The molecule has 3 fully saturated rings. The Morgan fingerprint density at radius 1 is 1.04 bits per heavy atom. The fourth-order valence-corrected chi connectivity index (χ4v) is 4.21. The Labute approximate surface area is 149 Å². The molecule has 0 saturated carbocycles. The van der Waals surface area contributed by atoms with Crippen LogP contribution in [0.3, 0.4) is 0 Å². The fourth-order valence-electron chi connectivity index (χ4n) is 4.21. The van der Waals surface area contributed by atoms with Crippen LogP contribution in [0.2, 0.25) is 0 Å². The molecule has 3 aromatic rings. The first-order chi connectivity index (χ1) is 12.7. The molecule has 3 aliphatic rings. The molecule has 2 unspecified atom stereocenters. The van der Waals surface area contributed by atoms with Crippen molar-refractivity contribution in [3.8, 4) is 0 Å². The van der Waals surface area contributed by atoms with E-state index in [1.807, 2.05) is 0 Å². The van der Waals surface area contributed by atoms with Gasteiger partial charge in [-0.25, -0.2) is 8.78 Å². The molecule has 0 spiro atoms. The Morgan fingerprint density at radius 2 is 1.88 bits per heavy atom. The van der Waals surface area contributed by atoms with E-state index in [0.717, 1.165) is 36.2 Å². The van der Waals surface area contributed by atoms with Crippen molar-refractivity contribution < 1.29 is 13.3 Å². The van der Waals surface area contributed by atoms with Crippen LogP contribution in [0.4, 0.5) is 8.78 Å². The summed E-state index contributed by atoms with van der Waals surface area (Å²) in [4.78, 5) is 8.66. The van der Waals surface area contributed by atoms with Gasteiger partial charge < -0.3 is 4.52 Å². The number of aromatic nitrogens is 2. The highest BCUT2D eigenvalue weighted by Gasteiger charge is 2.44. The number of piperidine rings is 1. The summed E-state index contributed by atoms with van der Waals surface area (Å²) in [7, 11) is 0. The predicted molar refractivity (Wildman–Crippen MR) is 91.2 cm³/mol. The van der Waals surface area contributed by atoms with Crippen LogP contribution >= 0.6 is 0 Å². The summed E-state index contributed by atoms with van der Waals surface area (Å²) in [5, 5.41) is 4.88. The molecular formula is C19H18F2N4O. The molecule has 3 saturated heterocycles. The summed E-state index contributed by atoms with van der Waals surface area (Å²) in [6.45, 7) is 3.24. The largest absolute Gasteiger partial charge is 0.356 e. The SMILES string of the molecule is Fc1cncc(CN2CC3CC(C2)N3Cc2noc3ccc(F)cc23)c1. The molecule has 134 valence electrons. The first-order valence-electron chi connectivity index (χ1n) is 8.77. The van der Waals surface area contributed by atoms with E-state index < -0.39 is 0 Å². The van der Waals surface area contributed by atoms with Gasteiger partial charge in [-0.15, -0.1) is 0 Å². The number of hydrogen-bond donors (Lipinski definition) is 0. The van der Waals surface area contributed by atoms with Gasteiger partial charge in [0.15, 0.2) is 5.58 Å². The summed E-state index contributed by atoms with van der Waals surface area (Å²) >= 11 is 0. The van der Waals surface area contributed by atoms with Crippen LogP contribution in [-0.4, -0.2) is 45.1 Å². The average Bonchev–Trinajstić information content (AvgIpc) is 3.02. The molecule has 3 aliphatic heterocycles.